The van der Waals surface area contributed by atoms with Crippen molar-refractivity contribution in [1.29, 1.82) is 0 Å². The van der Waals surface area contributed by atoms with Crippen molar-refractivity contribution in [3.8, 4) is 0 Å². The van der Waals surface area contributed by atoms with Gasteiger partial charge in [0.1, 0.15) is 8.24 Å². The lowest BCUT2D eigenvalue weighted by Gasteiger charge is -2.34. The molecule has 1 N–H and O–H groups in total. The van der Waals surface area contributed by atoms with Crippen LogP contribution in [0.2, 0.25) is 13.1 Å². The van der Waals surface area contributed by atoms with Crippen LogP contribution in [0.5, 0.6) is 0 Å². The summed E-state index contributed by atoms with van der Waals surface area (Å²) in [5.74, 6) is 0. The van der Waals surface area contributed by atoms with Gasteiger partial charge in [-0.05, 0) is 59.9 Å². The van der Waals surface area contributed by atoms with Gasteiger partial charge in [0.25, 0.3) is 0 Å². The molecule has 25 heavy (non-hydrogen) atoms. The van der Waals surface area contributed by atoms with Gasteiger partial charge >= 0.3 is 0 Å². The highest BCUT2D eigenvalue weighted by molar-refractivity contribution is 6.83. The molecule has 0 heterocycles. The maximum atomic E-state index is 3.94. The Labute approximate surface area is 151 Å². The van der Waals surface area contributed by atoms with E-state index in [4.69, 9.17) is 0 Å². The Morgan fingerprint density at radius 3 is 1.92 bits per heavy atom. The van der Waals surface area contributed by atoms with Crippen LogP contribution >= 0.6 is 0 Å². The van der Waals surface area contributed by atoms with Gasteiger partial charge < -0.3 is 4.98 Å². The van der Waals surface area contributed by atoms with Crippen molar-refractivity contribution < 1.29 is 0 Å². The molecule has 3 aromatic rings. The highest BCUT2D eigenvalue weighted by Gasteiger charge is 2.34. The zero-order chi connectivity index (χ0) is 17.8. The van der Waals surface area contributed by atoms with E-state index in [-0.39, 0.29) is 5.54 Å². The summed E-state index contributed by atoms with van der Waals surface area (Å²) in [7, 11) is -1.67. The third-order valence-electron chi connectivity index (χ3n) is 5.26. The summed E-state index contributed by atoms with van der Waals surface area (Å²) in [6.07, 6.45) is 3.58. The van der Waals surface area contributed by atoms with Crippen LogP contribution in [0.25, 0.3) is 27.6 Å². The summed E-state index contributed by atoms with van der Waals surface area (Å²) in [6.45, 7) is 11.7. The summed E-state index contributed by atoms with van der Waals surface area (Å²) in [5, 5.41) is 7.18. The van der Waals surface area contributed by atoms with Crippen molar-refractivity contribution in [3.05, 3.63) is 64.9 Å². The quantitative estimate of drug-likeness (QED) is 0.439. The summed E-state index contributed by atoms with van der Waals surface area (Å²) < 4.78 is 0. The molecule has 0 bridgehead atoms. The lowest BCUT2D eigenvalue weighted by molar-refractivity contribution is 0.514. The van der Waals surface area contributed by atoms with Crippen molar-refractivity contribution in [2.75, 3.05) is 0 Å². The summed E-state index contributed by atoms with van der Waals surface area (Å²) in [5.41, 5.74) is 3.11. The molecular formula is C23H27NSi. The van der Waals surface area contributed by atoms with E-state index in [2.05, 4.69) is 93.5 Å². The molecule has 0 aliphatic heterocycles. The van der Waals surface area contributed by atoms with Gasteiger partial charge in [0, 0.05) is 5.54 Å². The minimum absolute atomic E-state index is 0.148. The first-order valence-corrected chi connectivity index (χ1v) is 12.2. The molecule has 1 aliphatic carbocycles. The Kier molecular flexibility index (Phi) is 3.68. The average Bonchev–Trinajstić information content (AvgIpc) is 3.00. The SMILES string of the molecule is CC(C)(C)N[Si](C)(C)C1=Cc2c(c3ccccc3c3ccccc23)C1. The van der Waals surface area contributed by atoms with Crippen LogP contribution in [0.4, 0.5) is 0 Å². The first-order chi connectivity index (χ1) is 11.8. The van der Waals surface area contributed by atoms with E-state index in [0.717, 1.165) is 6.42 Å². The molecule has 128 valence electrons. The van der Waals surface area contributed by atoms with Gasteiger partial charge in [-0.3, -0.25) is 0 Å². The topological polar surface area (TPSA) is 12.0 Å². The van der Waals surface area contributed by atoms with Gasteiger partial charge in [0.2, 0.25) is 0 Å². The maximum absolute atomic E-state index is 3.94. The minimum atomic E-state index is -1.67. The maximum Gasteiger partial charge on any atom is 0.148 e. The Morgan fingerprint density at radius 1 is 0.800 bits per heavy atom. The molecule has 0 fully saturated rings. The van der Waals surface area contributed by atoms with Crippen molar-refractivity contribution >= 4 is 35.9 Å². The van der Waals surface area contributed by atoms with E-state index in [1.54, 1.807) is 5.20 Å². The summed E-state index contributed by atoms with van der Waals surface area (Å²) >= 11 is 0. The lowest BCUT2D eigenvalue weighted by atomic mass is 9.93. The largest absolute Gasteiger partial charge is 0.329 e. The number of hydrogen-bond acceptors (Lipinski definition) is 1. The Morgan fingerprint density at radius 2 is 1.32 bits per heavy atom. The molecule has 0 aromatic heterocycles. The van der Waals surface area contributed by atoms with E-state index in [1.807, 2.05) is 0 Å². The number of benzene rings is 3. The van der Waals surface area contributed by atoms with E-state index in [9.17, 15) is 0 Å². The molecule has 0 radical (unpaired) electrons. The standard InChI is InChI=1S/C23H27NSi/c1-23(2,3)24-25(4,5)16-14-21-19-12-8-6-10-17(19)18-11-7-9-13-20(18)22(21)15-16/h6-14,24H,15H2,1-5H3. The molecule has 0 spiro atoms. The second-order valence-electron chi connectivity index (χ2n) is 8.83. The van der Waals surface area contributed by atoms with Crippen molar-refractivity contribution in [3.63, 3.8) is 0 Å². The van der Waals surface area contributed by atoms with Gasteiger partial charge in [0.05, 0.1) is 0 Å². The molecule has 4 rings (SSSR count). The molecule has 0 saturated carbocycles. The third kappa shape index (κ3) is 2.84. The fraction of sp³-hybridized carbons (Fsp3) is 0.304. The fourth-order valence-corrected chi connectivity index (χ4v) is 7.59. The van der Waals surface area contributed by atoms with E-state index in [1.165, 1.54) is 32.7 Å². The summed E-state index contributed by atoms with van der Waals surface area (Å²) in [6, 6.07) is 17.8. The van der Waals surface area contributed by atoms with Crippen molar-refractivity contribution in [2.24, 2.45) is 0 Å². The molecule has 1 aliphatic rings. The van der Waals surface area contributed by atoms with Crippen LogP contribution < -0.4 is 4.98 Å². The van der Waals surface area contributed by atoms with Gasteiger partial charge in [-0.15, -0.1) is 0 Å². The first-order valence-electron chi connectivity index (χ1n) is 9.19. The van der Waals surface area contributed by atoms with Gasteiger partial charge in [-0.25, -0.2) is 0 Å². The molecular weight excluding hydrogens is 318 g/mol. The highest BCUT2D eigenvalue weighted by atomic mass is 28.3. The number of allylic oxidation sites excluding steroid dienone is 1. The summed E-state index contributed by atoms with van der Waals surface area (Å²) in [4.78, 5) is 3.94. The van der Waals surface area contributed by atoms with Crippen molar-refractivity contribution in [1.82, 2.24) is 4.98 Å². The predicted octanol–water partition coefficient (Wildman–Crippen LogP) is 6.06. The third-order valence-corrected chi connectivity index (χ3v) is 8.56. The molecule has 0 amide bonds. The number of hydrogen-bond donors (Lipinski definition) is 1. The van der Waals surface area contributed by atoms with E-state index >= 15 is 0 Å². The average molecular weight is 346 g/mol. The Bertz CT molecular complexity index is 1010. The van der Waals surface area contributed by atoms with Gasteiger partial charge in [0.15, 0.2) is 0 Å². The van der Waals surface area contributed by atoms with Crippen LogP contribution in [0, 0.1) is 0 Å². The fourth-order valence-electron chi connectivity index (χ4n) is 4.43. The monoisotopic (exact) mass is 345 g/mol. The predicted molar refractivity (Wildman–Crippen MR) is 114 cm³/mol. The molecule has 2 heteroatoms. The minimum Gasteiger partial charge on any atom is -0.329 e. The zero-order valence-corrected chi connectivity index (χ0v) is 16.9. The van der Waals surface area contributed by atoms with Crippen LogP contribution in [0.1, 0.15) is 31.9 Å². The normalized spacial score (nSPS) is 14.8. The Balaban J connectivity index is 1.93. The Hall–Kier alpha value is -1.90. The number of fused-ring (bicyclic) bond motifs is 6. The lowest BCUT2D eigenvalue weighted by Crippen LogP contribution is -2.55. The molecule has 1 nitrogen and oxygen atoms in total. The zero-order valence-electron chi connectivity index (χ0n) is 15.9. The number of rotatable bonds is 2. The van der Waals surface area contributed by atoms with Gasteiger partial charge in [-0.2, -0.15) is 0 Å². The first kappa shape index (κ1) is 16.6. The van der Waals surface area contributed by atoms with Crippen LogP contribution in [0.3, 0.4) is 0 Å². The van der Waals surface area contributed by atoms with Crippen LogP contribution in [-0.4, -0.2) is 13.8 Å². The van der Waals surface area contributed by atoms with E-state index in [0.29, 0.717) is 0 Å². The van der Waals surface area contributed by atoms with Crippen LogP contribution in [0.15, 0.2) is 53.7 Å². The smallest absolute Gasteiger partial charge is 0.148 e. The van der Waals surface area contributed by atoms with E-state index < -0.39 is 8.24 Å². The highest BCUT2D eigenvalue weighted by Crippen LogP contribution is 2.40. The molecule has 3 aromatic carbocycles. The second kappa shape index (κ2) is 5.55. The molecule has 0 unspecified atom stereocenters. The second-order valence-corrected chi connectivity index (χ2v) is 13.0. The number of nitrogens with one attached hydrogen (secondary N) is 1. The van der Waals surface area contributed by atoms with Crippen molar-refractivity contribution in [2.45, 2.75) is 45.8 Å². The molecule has 0 saturated heterocycles. The molecule has 0 atom stereocenters. The van der Waals surface area contributed by atoms with Crippen LogP contribution in [-0.2, 0) is 6.42 Å². The van der Waals surface area contributed by atoms with Gasteiger partial charge in [-0.1, -0.05) is 72.9 Å².